The van der Waals surface area contributed by atoms with Gasteiger partial charge < -0.3 is 16.0 Å². The Balaban J connectivity index is 1.77. The van der Waals surface area contributed by atoms with Crippen LogP contribution in [0.2, 0.25) is 0 Å². The fourth-order valence-electron chi connectivity index (χ4n) is 2.89. The highest BCUT2D eigenvalue weighted by molar-refractivity contribution is 7.19. The molecule has 1 aliphatic carbocycles. The van der Waals surface area contributed by atoms with Crippen LogP contribution in [0.3, 0.4) is 0 Å². The fourth-order valence-corrected chi connectivity index (χ4v) is 4.86. The lowest BCUT2D eigenvalue weighted by Gasteiger charge is -2.05. The van der Waals surface area contributed by atoms with E-state index < -0.39 is 0 Å². The van der Waals surface area contributed by atoms with Gasteiger partial charge in [0.2, 0.25) is 0 Å². The second kappa shape index (κ2) is 6.07. The molecule has 1 fully saturated rings. The van der Waals surface area contributed by atoms with Gasteiger partial charge in [-0.15, -0.1) is 22.7 Å². The molecule has 23 heavy (non-hydrogen) atoms. The van der Waals surface area contributed by atoms with Gasteiger partial charge in [0.15, 0.2) is 5.82 Å². The van der Waals surface area contributed by atoms with Gasteiger partial charge >= 0.3 is 5.69 Å². The van der Waals surface area contributed by atoms with Crippen LogP contribution >= 0.6 is 22.7 Å². The standard InChI is InChI=1S/C16H18N4OS2/c17-6-5-11-12(9-3-4-9)13-14(23-11)15(20-16(21)19-13)18-8-10-2-1-7-22-10/h1-2,7,9H,3-6,8,17H2,(H2,18,19,20,21). The highest BCUT2D eigenvalue weighted by atomic mass is 32.1. The summed E-state index contributed by atoms with van der Waals surface area (Å²) in [6.07, 6.45) is 3.26. The largest absolute Gasteiger partial charge is 0.364 e. The third-order valence-electron chi connectivity index (χ3n) is 4.05. The molecule has 0 atom stereocenters. The maximum atomic E-state index is 12.0. The number of rotatable bonds is 6. The Kier molecular flexibility index (Phi) is 3.92. The quantitative estimate of drug-likeness (QED) is 0.640. The predicted octanol–water partition coefficient (Wildman–Crippen LogP) is 3.04. The summed E-state index contributed by atoms with van der Waals surface area (Å²) in [5.41, 5.74) is 7.75. The monoisotopic (exact) mass is 346 g/mol. The van der Waals surface area contributed by atoms with Crippen molar-refractivity contribution in [1.29, 1.82) is 0 Å². The van der Waals surface area contributed by atoms with Gasteiger partial charge in [0.25, 0.3) is 0 Å². The predicted molar refractivity (Wildman–Crippen MR) is 96.6 cm³/mol. The van der Waals surface area contributed by atoms with Gasteiger partial charge in [-0.25, -0.2) is 4.79 Å². The zero-order valence-corrected chi connectivity index (χ0v) is 14.2. The van der Waals surface area contributed by atoms with E-state index in [1.54, 1.807) is 22.7 Å². The maximum Gasteiger partial charge on any atom is 0.347 e. The molecule has 0 aromatic carbocycles. The summed E-state index contributed by atoms with van der Waals surface area (Å²) in [6, 6.07) is 4.10. The highest BCUT2D eigenvalue weighted by Gasteiger charge is 2.30. The first kappa shape index (κ1) is 14.9. The number of nitrogens with one attached hydrogen (secondary N) is 2. The Morgan fingerprint density at radius 2 is 2.30 bits per heavy atom. The summed E-state index contributed by atoms with van der Waals surface area (Å²) in [7, 11) is 0. The van der Waals surface area contributed by atoms with Gasteiger partial charge in [0.05, 0.1) is 16.8 Å². The van der Waals surface area contributed by atoms with E-state index in [9.17, 15) is 4.79 Å². The van der Waals surface area contributed by atoms with Crippen LogP contribution in [0, 0.1) is 0 Å². The first-order valence-corrected chi connectivity index (χ1v) is 9.47. The minimum Gasteiger partial charge on any atom is -0.364 e. The lowest BCUT2D eigenvalue weighted by atomic mass is 10.1. The smallest absolute Gasteiger partial charge is 0.347 e. The van der Waals surface area contributed by atoms with Crippen molar-refractivity contribution < 1.29 is 0 Å². The van der Waals surface area contributed by atoms with E-state index in [0.717, 1.165) is 16.6 Å². The highest BCUT2D eigenvalue weighted by Crippen LogP contribution is 2.48. The summed E-state index contributed by atoms with van der Waals surface area (Å²) in [5.74, 6) is 1.26. The summed E-state index contributed by atoms with van der Waals surface area (Å²) in [5, 5.41) is 5.38. The van der Waals surface area contributed by atoms with Crippen LogP contribution in [0.5, 0.6) is 0 Å². The Morgan fingerprint density at radius 3 is 3.00 bits per heavy atom. The number of nitrogens with zero attached hydrogens (tertiary/aromatic N) is 1. The third kappa shape index (κ3) is 2.91. The van der Waals surface area contributed by atoms with Crippen molar-refractivity contribution in [2.75, 3.05) is 11.9 Å². The first-order chi connectivity index (χ1) is 11.3. The number of hydrogen-bond donors (Lipinski definition) is 3. The second-order valence-electron chi connectivity index (χ2n) is 5.78. The summed E-state index contributed by atoms with van der Waals surface area (Å²) >= 11 is 3.41. The third-order valence-corrected chi connectivity index (χ3v) is 6.20. The van der Waals surface area contributed by atoms with E-state index in [2.05, 4.69) is 21.4 Å². The first-order valence-electron chi connectivity index (χ1n) is 7.78. The van der Waals surface area contributed by atoms with Gasteiger partial charge in [-0.2, -0.15) is 4.98 Å². The molecule has 4 N–H and O–H groups in total. The minimum absolute atomic E-state index is 0.287. The topological polar surface area (TPSA) is 83.8 Å². The molecule has 1 saturated carbocycles. The van der Waals surface area contributed by atoms with E-state index in [1.807, 2.05) is 11.4 Å². The number of H-pyrrole nitrogens is 1. The van der Waals surface area contributed by atoms with Crippen LogP contribution in [0.1, 0.15) is 34.1 Å². The molecule has 0 unspecified atom stereocenters. The van der Waals surface area contributed by atoms with E-state index in [-0.39, 0.29) is 5.69 Å². The fraction of sp³-hybridized carbons (Fsp3) is 0.375. The molecule has 0 saturated heterocycles. The molecule has 0 bridgehead atoms. The molecule has 3 aromatic rings. The number of aromatic nitrogens is 2. The Labute approximate surface area is 141 Å². The maximum absolute atomic E-state index is 12.0. The zero-order chi connectivity index (χ0) is 15.8. The SMILES string of the molecule is NCCc1sc2c(NCc3cccs3)nc(=O)[nH]c2c1C1CC1. The molecule has 0 aliphatic heterocycles. The van der Waals surface area contributed by atoms with Gasteiger partial charge in [0, 0.05) is 9.75 Å². The number of thiophene rings is 2. The van der Waals surface area contributed by atoms with Gasteiger partial charge in [-0.05, 0) is 48.7 Å². The van der Waals surface area contributed by atoms with E-state index in [0.29, 0.717) is 24.8 Å². The van der Waals surface area contributed by atoms with Crippen molar-refractivity contribution in [3.8, 4) is 0 Å². The van der Waals surface area contributed by atoms with Crippen LogP contribution in [0.15, 0.2) is 22.3 Å². The van der Waals surface area contributed by atoms with Crippen molar-refractivity contribution >= 4 is 38.7 Å². The summed E-state index contributed by atoms with van der Waals surface area (Å²) in [4.78, 5) is 21.6. The van der Waals surface area contributed by atoms with Crippen LogP contribution < -0.4 is 16.7 Å². The number of hydrogen-bond acceptors (Lipinski definition) is 6. The van der Waals surface area contributed by atoms with E-state index in [4.69, 9.17) is 5.73 Å². The second-order valence-corrected chi connectivity index (χ2v) is 7.92. The molecule has 3 heterocycles. The molecular formula is C16H18N4OS2. The van der Waals surface area contributed by atoms with Crippen molar-refractivity contribution in [2.45, 2.75) is 31.7 Å². The molecule has 1 aliphatic rings. The van der Waals surface area contributed by atoms with E-state index >= 15 is 0 Å². The Hall–Kier alpha value is -1.70. The minimum atomic E-state index is -0.287. The average Bonchev–Trinajstić information content (AvgIpc) is 3.09. The molecule has 7 heteroatoms. The molecule has 0 radical (unpaired) electrons. The Morgan fingerprint density at radius 1 is 1.43 bits per heavy atom. The zero-order valence-electron chi connectivity index (χ0n) is 12.6. The Bertz CT molecular complexity index is 878. The van der Waals surface area contributed by atoms with Gasteiger partial charge in [-0.3, -0.25) is 0 Å². The number of nitrogens with two attached hydrogens (primary N) is 1. The summed E-state index contributed by atoms with van der Waals surface area (Å²) < 4.78 is 1.05. The average molecular weight is 346 g/mol. The molecule has 0 amide bonds. The summed E-state index contributed by atoms with van der Waals surface area (Å²) in [6.45, 7) is 1.31. The van der Waals surface area contributed by atoms with Crippen molar-refractivity contribution in [2.24, 2.45) is 5.73 Å². The molecule has 3 aromatic heterocycles. The molecule has 120 valence electrons. The lowest BCUT2D eigenvalue weighted by Crippen LogP contribution is -2.13. The van der Waals surface area contributed by atoms with Gasteiger partial charge in [0.1, 0.15) is 0 Å². The van der Waals surface area contributed by atoms with Crippen molar-refractivity contribution in [1.82, 2.24) is 9.97 Å². The molecular weight excluding hydrogens is 328 g/mol. The normalized spacial score (nSPS) is 14.5. The van der Waals surface area contributed by atoms with Crippen molar-refractivity contribution in [3.05, 3.63) is 43.3 Å². The number of anilines is 1. The molecule has 4 rings (SSSR count). The van der Waals surface area contributed by atoms with Gasteiger partial charge in [-0.1, -0.05) is 6.07 Å². The van der Waals surface area contributed by atoms with Crippen LogP contribution in [0.25, 0.3) is 10.2 Å². The van der Waals surface area contributed by atoms with Crippen molar-refractivity contribution in [3.63, 3.8) is 0 Å². The van der Waals surface area contributed by atoms with Crippen LogP contribution in [0.4, 0.5) is 5.82 Å². The van der Waals surface area contributed by atoms with E-state index in [1.165, 1.54) is 28.2 Å². The number of fused-ring (bicyclic) bond motifs is 1. The van der Waals surface area contributed by atoms with Crippen LogP contribution in [-0.4, -0.2) is 16.5 Å². The molecule has 0 spiro atoms. The number of aromatic amines is 1. The lowest BCUT2D eigenvalue weighted by molar-refractivity contribution is 0.960. The van der Waals surface area contributed by atoms with Crippen LogP contribution in [-0.2, 0) is 13.0 Å². The molecule has 5 nitrogen and oxygen atoms in total.